The van der Waals surface area contributed by atoms with E-state index < -0.39 is 11.7 Å². The van der Waals surface area contributed by atoms with Gasteiger partial charge < -0.3 is 0 Å². The number of hydrogen-bond acceptors (Lipinski definition) is 3. The van der Waals surface area contributed by atoms with Crippen LogP contribution in [0.2, 0.25) is 0 Å². The first-order valence-electron chi connectivity index (χ1n) is 5.60. The second-order valence-electron chi connectivity index (χ2n) is 3.93. The summed E-state index contributed by atoms with van der Waals surface area (Å²) in [6, 6.07) is 8.55. The zero-order valence-electron chi connectivity index (χ0n) is 10.1. The third kappa shape index (κ3) is 4.26. The lowest BCUT2D eigenvalue weighted by Crippen LogP contribution is -2.04. The van der Waals surface area contributed by atoms with Crippen molar-refractivity contribution < 1.29 is 13.2 Å². The zero-order valence-corrected chi connectivity index (χ0v) is 12.3. The van der Waals surface area contributed by atoms with Crippen LogP contribution in [-0.4, -0.2) is 4.98 Å². The molecular weight excluding hydrogens is 382 g/mol. The van der Waals surface area contributed by atoms with Gasteiger partial charge in [-0.25, -0.2) is 4.98 Å². The van der Waals surface area contributed by atoms with Crippen molar-refractivity contribution in [3.05, 3.63) is 57.3 Å². The van der Waals surface area contributed by atoms with Crippen molar-refractivity contribution in [3.63, 3.8) is 0 Å². The van der Waals surface area contributed by atoms with Crippen molar-refractivity contribution in [1.29, 1.82) is 0 Å². The van der Waals surface area contributed by atoms with Gasteiger partial charge in [-0.1, -0.05) is 12.1 Å². The van der Waals surface area contributed by atoms with Crippen LogP contribution in [0.15, 0.2) is 52.8 Å². The minimum Gasteiger partial charge on any atom is -0.235 e. The normalized spacial score (nSPS) is 12.0. The van der Waals surface area contributed by atoms with Crippen molar-refractivity contribution >= 4 is 28.4 Å². The number of aromatic nitrogens is 1. The summed E-state index contributed by atoms with van der Waals surface area (Å²) in [6.45, 7) is 0.0809. The molecule has 7 heteroatoms. The Bertz CT molecular complexity index is 609. The highest BCUT2D eigenvalue weighted by Gasteiger charge is 2.30. The van der Waals surface area contributed by atoms with Crippen LogP contribution in [0.1, 0.15) is 11.1 Å². The number of hydrogen-bond donors (Lipinski definition) is 0. The van der Waals surface area contributed by atoms with Crippen LogP contribution in [0.3, 0.4) is 0 Å². The highest BCUT2D eigenvalue weighted by Crippen LogP contribution is 2.29. The molecule has 0 bridgehead atoms. The van der Waals surface area contributed by atoms with Crippen LogP contribution >= 0.6 is 22.6 Å². The van der Waals surface area contributed by atoms with E-state index in [1.807, 2.05) is 6.07 Å². The summed E-state index contributed by atoms with van der Waals surface area (Å²) in [5.41, 5.74) is -0.230. The largest absolute Gasteiger partial charge is 0.416 e. The van der Waals surface area contributed by atoms with Crippen LogP contribution in [-0.2, 0) is 12.7 Å². The fourth-order valence-electron chi connectivity index (χ4n) is 1.46. The first-order chi connectivity index (χ1) is 9.45. The number of halogens is 4. The van der Waals surface area contributed by atoms with E-state index >= 15 is 0 Å². The van der Waals surface area contributed by atoms with Crippen molar-refractivity contribution in [2.45, 2.75) is 12.7 Å². The molecule has 0 aliphatic rings. The molecule has 0 aliphatic heterocycles. The van der Waals surface area contributed by atoms with E-state index in [4.69, 9.17) is 0 Å². The van der Waals surface area contributed by atoms with Gasteiger partial charge in [0.2, 0.25) is 0 Å². The molecule has 2 rings (SSSR count). The minimum atomic E-state index is -4.34. The van der Waals surface area contributed by atoms with E-state index in [9.17, 15) is 13.2 Å². The van der Waals surface area contributed by atoms with Gasteiger partial charge in [0, 0.05) is 9.77 Å². The quantitative estimate of drug-likeness (QED) is 0.537. The molecule has 1 aromatic carbocycles. The molecule has 0 fully saturated rings. The number of alkyl halides is 3. The second kappa shape index (κ2) is 6.29. The van der Waals surface area contributed by atoms with Crippen molar-refractivity contribution in [1.82, 2.24) is 4.98 Å². The van der Waals surface area contributed by atoms with Crippen molar-refractivity contribution in [2.75, 3.05) is 0 Å². The molecule has 0 N–H and O–H groups in total. The SMILES string of the molecule is FC(F)(F)c1cccc(CN=Nc2ccc(I)cn2)c1. The van der Waals surface area contributed by atoms with Gasteiger partial charge in [-0.05, 0) is 52.4 Å². The molecular formula is C13H9F3IN3. The molecule has 0 saturated heterocycles. The standard InChI is InChI=1S/C13H9F3IN3/c14-13(15,16)10-3-1-2-9(6-10)7-19-20-12-5-4-11(17)8-18-12/h1-6,8H,7H2. The average molecular weight is 391 g/mol. The molecule has 2 aromatic rings. The Morgan fingerprint density at radius 3 is 2.60 bits per heavy atom. The Kier molecular flexibility index (Phi) is 4.69. The van der Waals surface area contributed by atoms with Gasteiger partial charge in [0.1, 0.15) is 0 Å². The summed E-state index contributed by atoms with van der Waals surface area (Å²) in [6.07, 6.45) is -2.70. The lowest BCUT2D eigenvalue weighted by molar-refractivity contribution is -0.137. The zero-order chi connectivity index (χ0) is 14.6. The predicted octanol–water partition coefficient (Wildman–Crippen LogP) is 4.99. The summed E-state index contributed by atoms with van der Waals surface area (Å²) in [5.74, 6) is 0.428. The average Bonchev–Trinajstić information content (AvgIpc) is 2.40. The molecule has 20 heavy (non-hydrogen) atoms. The van der Waals surface area contributed by atoms with Gasteiger partial charge >= 0.3 is 6.18 Å². The first kappa shape index (κ1) is 14.9. The van der Waals surface area contributed by atoms with E-state index in [1.165, 1.54) is 6.07 Å². The number of azo groups is 1. The van der Waals surface area contributed by atoms with Crippen molar-refractivity contribution in [3.8, 4) is 0 Å². The van der Waals surface area contributed by atoms with Crippen LogP contribution in [0, 0.1) is 3.57 Å². The summed E-state index contributed by atoms with van der Waals surface area (Å²) in [7, 11) is 0. The highest BCUT2D eigenvalue weighted by atomic mass is 127. The molecule has 3 nitrogen and oxygen atoms in total. The monoisotopic (exact) mass is 391 g/mol. The van der Waals surface area contributed by atoms with Crippen LogP contribution in [0.4, 0.5) is 19.0 Å². The molecule has 0 unspecified atom stereocenters. The van der Waals surface area contributed by atoms with Gasteiger partial charge in [-0.2, -0.15) is 18.3 Å². The Morgan fingerprint density at radius 2 is 1.95 bits per heavy atom. The summed E-state index contributed by atoms with van der Waals surface area (Å²) >= 11 is 2.11. The lowest BCUT2D eigenvalue weighted by Gasteiger charge is -2.07. The van der Waals surface area contributed by atoms with Gasteiger partial charge in [-0.15, -0.1) is 5.11 Å². The first-order valence-corrected chi connectivity index (χ1v) is 6.68. The van der Waals surface area contributed by atoms with Gasteiger partial charge in [0.15, 0.2) is 5.82 Å². The Balaban J connectivity index is 2.05. The van der Waals surface area contributed by atoms with E-state index in [-0.39, 0.29) is 6.54 Å². The molecule has 1 heterocycles. The number of nitrogens with zero attached hydrogens (tertiary/aromatic N) is 3. The molecule has 0 spiro atoms. The van der Waals surface area contributed by atoms with E-state index in [1.54, 1.807) is 18.3 Å². The maximum atomic E-state index is 12.5. The van der Waals surface area contributed by atoms with Crippen LogP contribution in [0.5, 0.6) is 0 Å². The smallest absolute Gasteiger partial charge is 0.235 e. The van der Waals surface area contributed by atoms with Crippen LogP contribution < -0.4 is 0 Å². The van der Waals surface area contributed by atoms with Gasteiger partial charge in [0.25, 0.3) is 0 Å². The number of rotatable bonds is 3. The molecule has 0 aliphatic carbocycles. The Morgan fingerprint density at radius 1 is 1.15 bits per heavy atom. The van der Waals surface area contributed by atoms with E-state index in [0.29, 0.717) is 11.4 Å². The lowest BCUT2D eigenvalue weighted by atomic mass is 10.1. The summed E-state index contributed by atoms with van der Waals surface area (Å²) < 4.78 is 38.6. The Labute approximate surface area is 127 Å². The maximum absolute atomic E-state index is 12.5. The second-order valence-corrected chi connectivity index (χ2v) is 5.18. The van der Waals surface area contributed by atoms with E-state index in [0.717, 1.165) is 15.7 Å². The van der Waals surface area contributed by atoms with Gasteiger partial charge in [0.05, 0.1) is 12.1 Å². The fraction of sp³-hybridized carbons (Fsp3) is 0.154. The third-order valence-electron chi connectivity index (χ3n) is 2.39. The van der Waals surface area contributed by atoms with Crippen molar-refractivity contribution in [2.24, 2.45) is 10.2 Å². The predicted molar refractivity (Wildman–Crippen MR) is 76.6 cm³/mol. The molecule has 0 radical (unpaired) electrons. The fourth-order valence-corrected chi connectivity index (χ4v) is 1.78. The molecule has 104 valence electrons. The topological polar surface area (TPSA) is 37.6 Å². The Hall–Kier alpha value is -1.51. The van der Waals surface area contributed by atoms with Gasteiger partial charge in [-0.3, -0.25) is 0 Å². The number of pyridine rings is 1. The molecule has 0 atom stereocenters. The van der Waals surface area contributed by atoms with Crippen LogP contribution in [0.25, 0.3) is 0 Å². The molecule has 0 amide bonds. The molecule has 1 aromatic heterocycles. The third-order valence-corrected chi connectivity index (χ3v) is 3.03. The maximum Gasteiger partial charge on any atom is 0.416 e. The summed E-state index contributed by atoms with van der Waals surface area (Å²) in [4.78, 5) is 4.02. The highest BCUT2D eigenvalue weighted by molar-refractivity contribution is 14.1. The minimum absolute atomic E-state index is 0.0809. The van der Waals surface area contributed by atoms with E-state index in [2.05, 4.69) is 37.8 Å². The number of benzene rings is 1. The molecule has 0 saturated carbocycles. The summed E-state index contributed by atoms with van der Waals surface area (Å²) in [5, 5.41) is 7.72.